The van der Waals surface area contributed by atoms with Crippen LogP contribution in [-0.4, -0.2) is 58.6 Å². The average Bonchev–Trinajstić information content (AvgIpc) is 3.40. The summed E-state index contributed by atoms with van der Waals surface area (Å²) in [5.74, 6) is 0.181. The highest BCUT2D eigenvalue weighted by Crippen LogP contribution is 2.33. The Morgan fingerprint density at radius 3 is 2.50 bits per heavy atom. The van der Waals surface area contributed by atoms with Crippen LogP contribution in [0, 0.1) is 5.92 Å². The lowest BCUT2D eigenvalue weighted by Gasteiger charge is -2.29. The standard InChI is InChI=1S/C26H31N3O3/c27-21(14-17-6-2-1-3-7-17)26(32)28-13-12-22-24(28)23(30)16-29(22)25(31)20-11-10-18-8-4-5-9-19(18)15-20/h4-5,8-11,15,17,21-22,24H,1-3,6-7,12-14,16,27H2/t21-,22?,24?/m0/s1. The fourth-order valence-electron chi connectivity index (χ4n) is 5.92. The second-order valence-corrected chi connectivity index (χ2v) is 9.64. The molecule has 6 nitrogen and oxygen atoms in total. The fourth-order valence-corrected chi connectivity index (χ4v) is 5.92. The van der Waals surface area contributed by atoms with E-state index in [9.17, 15) is 14.4 Å². The first-order chi connectivity index (χ1) is 15.5. The summed E-state index contributed by atoms with van der Waals surface area (Å²) >= 11 is 0. The van der Waals surface area contributed by atoms with Gasteiger partial charge in [-0.25, -0.2) is 0 Å². The van der Waals surface area contributed by atoms with Gasteiger partial charge in [-0.2, -0.15) is 0 Å². The highest BCUT2D eigenvalue weighted by molar-refractivity contribution is 6.04. The molecule has 0 bridgehead atoms. The molecule has 2 amide bonds. The van der Waals surface area contributed by atoms with Crippen molar-refractivity contribution < 1.29 is 14.4 Å². The number of nitrogens with zero attached hydrogens (tertiary/aromatic N) is 2. The summed E-state index contributed by atoms with van der Waals surface area (Å²) in [6, 6.07) is 12.2. The molecule has 0 aromatic heterocycles. The quantitative estimate of drug-likeness (QED) is 0.803. The normalized spacial score (nSPS) is 24.7. The first-order valence-electron chi connectivity index (χ1n) is 11.9. The van der Waals surface area contributed by atoms with E-state index in [-0.39, 0.29) is 30.2 Å². The minimum absolute atomic E-state index is 0.0557. The van der Waals surface area contributed by atoms with Crippen molar-refractivity contribution in [1.29, 1.82) is 0 Å². The maximum absolute atomic E-state index is 13.3. The summed E-state index contributed by atoms with van der Waals surface area (Å²) in [6.07, 6.45) is 7.29. The number of nitrogens with two attached hydrogens (primary N) is 1. The Bertz CT molecular complexity index is 1050. The summed E-state index contributed by atoms with van der Waals surface area (Å²) in [5.41, 5.74) is 6.89. The number of amides is 2. The molecule has 1 aliphatic carbocycles. The predicted molar refractivity (Wildman–Crippen MR) is 123 cm³/mol. The number of hydrogen-bond acceptors (Lipinski definition) is 4. The Labute approximate surface area is 188 Å². The number of carbonyl (C=O) groups is 3. The van der Waals surface area contributed by atoms with E-state index in [0.29, 0.717) is 30.9 Å². The number of fused-ring (bicyclic) bond motifs is 2. The van der Waals surface area contributed by atoms with Crippen molar-refractivity contribution in [2.45, 2.75) is 63.1 Å². The smallest absolute Gasteiger partial charge is 0.254 e. The van der Waals surface area contributed by atoms with Crippen LogP contribution < -0.4 is 5.73 Å². The summed E-state index contributed by atoms with van der Waals surface area (Å²) < 4.78 is 0. The van der Waals surface area contributed by atoms with E-state index in [0.717, 1.165) is 23.6 Å². The lowest BCUT2D eigenvalue weighted by Crippen LogP contribution is -2.50. The number of rotatable bonds is 4. The molecular formula is C26H31N3O3. The average molecular weight is 434 g/mol. The second-order valence-electron chi connectivity index (χ2n) is 9.64. The van der Waals surface area contributed by atoms with Crippen molar-refractivity contribution in [3.63, 3.8) is 0 Å². The molecule has 0 radical (unpaired) electrons. The number of carbonyl (C=O) groups excluding carboxylic acids is 3. The van der Waals surface area contributed by atoms with Gasteiger partial charge in [0, 0.05) is 12.1 Å². The molecule has 5 rings (SSSR count). The molecule has 2 heterocycles. The van der Waals surface area contributed by atoms with Crippen molar-refractivity contribution >= 4 is 28.4 Å². The van der Waals surface area contributed by atoms with Crippen LogP contribution in [0.2, 0.25) is 0 Å². The molecule has 2 saturated heterocycles. The van der Waals surface area contributed by atoms with Gasteiger partial charge in [-0.15, -0.1) is 0 Å². The molecule has 32 heavy (non-hydrogen) atoms. The van der Waals surface area contributed by atoms with Gasteiger partial charge in [0.2, 0.25) is 5.91 Å². The summed E-state index contributed by atoms with van der Waals surface area (Å²) in [7, 11) is 0. The zero-order valence-electron chi connectivity index (χ0n) is 18.4. The number of hydrogen-bond donors (Lipinski definition) is 1. The van der Waals surface area contributed by atoms with Crippen LogP contribution in [0.5, 0.6) is 0 Å². The molecular weight excluding hydrogens is 402 g/mol. The Kier molecular flexibility index (Phi) is 5.72. The van der Waals surface area contributed by atoms with Gasteiger partial charge in [0.25, 0.3) is 5.91 Å². The predicted octanol–water partition coefficient (Wildman–Crippen LogP) is 3.13. The minimum Gasteiger partial charge on any atom is -0.329 e. The van der Waals surface area contributed by atoms with Crippen molar-refractivity contribution in [2.24, 2.45) is 11.7 Å². The largest absolute Gasteiger partial charge is 0.329 e. The second kappa shape index (κ2) is 8.66. The van der Waals surface area contributed by atoms with Gasteiger partial charge in [-0.05, 0) is 41.7 Å². The van der Waals surface area contributed by atoms with Gasteiger partial charge < -0.3 is 15.5 Å². The maximum Gasteiger partial charge on any atom is 0.254 e. The number of Topliss-reactive ketones (excluding diaryl/α,β-unsaturated/α-hetero) is 1. The van der Waals surface area contributed by atoms with E-state index >= 15 is 0 Å². The van der Waals surface area contributed by atoms with Crippen molar-refractivity contribution in [3.8, 4) is 0 Å². The summed E-state index contributed by atoms with van der Waals surface area (Å²) in [6.45, 7) is 0.544. The van der Waals surface area contributed by atoms with Gasteiger partial charge >= 0.3 is 0 Å². The van der Waals surface area contributed by atoms with E-state index < -0.39 is 12.1 Å². The van der Waals surface area contributed by atoms with E-state index in [1.807, 2.05) is 42.5 Å². The molecule has 168 valence electrons. The van der Waals surface area contributed by atoms with Crippen LogP contribution in [0.4, 0.5) is 0 Å². The SMILES string of the molecule is N[C@@H](CC1CCCCC1)C(=O)N1CCC2C1C(=O)CN2C(=O)c1ccc2ccccc2c1. The third kappa shape index (κ3) is 3.81. The van der Waals surface area contributed by atoms with Crippen molar-refractivity contribution in [1.82, 2.24) is 9.80 Å². The zero-order valence-corrected chi connectivity index (χ0v) is 18.4. The monoisotopic (exact) mass is 433 g/mol. The first kappa shape index (κ1) is 21.1. The molecule has 2 aromatic rings. The summed E-state index contributed by atoms with van der Waals surface area (Å²) in [5, 5.41) is 2.07. The third-order valence-corrected chi connectivity index (χ3v) is 7.59. The molecule has 3 fully saturated rings. The molecule has 2 aromatic carbocycles. The molecule has 3 atom stereocenters. The molecule has 2 N–H and O–H groups in total. The molecule has 6 heteroatoms. The Hall–Kier alpha value is -2.73. The minimum atomic E-state index is -0.560. The van der Waals surface area contributed by atoms with Crippen LogP contribution in [0.1, 0.15) is 55.3 Å². The fraction of sp³-hybridized carbons (Fsp3) is 0.500. The molecule has 3 aliphatic rings. The van der Waals surface area contributed by atoms with E-state index in [1.165, 1.54) is 19.3 Å². The van der Waals surface area contributed by atoms with Crippen LogP contribution in [0.25, 0.3) is 10.8 Å². The highest BCUT2D eigenvalue weighted by atomic mass is 16.2. The van der Waals surface area contributed by atoms with Gasteiger partial charge in [-0.3, -0.25) is 14.4 Å². The van der Waals surface area contributed by atoms with Gasteiger partial charge in [0.1, 0.15) is 6.04 Å². The maximum atomic E-state index is 13.3. The third-order valence-electron chi connectivity index (χ3n) is 7.59. The number of likely N-dealkylation sites (tertiary alicyclic amines) is 2. The summed E-state index contributed by atoms with van der Waals surface area (Å²) in [4.78, 5) is 42.7. The van der Waals surface area contributed by atoms with Gasteiger partial charge in [0.05, 0.1) is 18.6 Å². The van der Waals surface area contributed by atoms with Gasteiger partial charge in [-0.1, -0.05) is 62.4 Å². The van der Waals surface area contributed by atoms with E-state index in [4.69, 9.17) is 5.73 Å². The molecule has 2 aliphatic heterocycles. The number of benzene rings is 2. The van der Waals surface area contributed by atoms with Crippen LogP contribution in [0.3, 0.4) is 0 Å². The van der Waals surface area contributed by atoms with Crippen LogP contribution in [0.15, 0.2) is 42.5 Å². The number of ketones is 1. The molecule has 0 spiro atoms. The van der Waals surface area contributed by atoms with E-state index in [1.54, 1.807) is 9.80 Å². The lowest BCUT2D eigenvalue weighted by molar-refractivity contribution is -0.137. The lowest BCUT2D eigenvalue weighted by atomic mass is 9.84. The Morgan fingerprint density at radius 1 is 0.969 bits per heavy atom. The van der Waals surface area contributed by atoms with Gasteiger partial charge in [0.15, 0.2) is 5.78 Å². The van der Waals surface area contributed by atoms with Crippen molar-refractivity contribution in [2.75, 3.05) is 13.1 Å². The van der Waals surface area contributed by atoms with Crippen LogP contribution >= 0.6 is 0 Å². The zero-order chi connectivity index (χ0) is 22.2. The highest BCUT2D eigenvalue weighted by Gasteiger charge is 2.52. The topological polar surface area (TPSA) is 83.7 Å². The van der Waals surface area contributed by atoms with Crippen LogP contribution in [-0.2, 0) is 9.59 Å². The molecule has 1 saturated carbocycles. The first-order valence-corrected chi connectivity index (χ1v) is 11.9. The Balaban J connectivity index is 1.29. The van der Waals surface area contributed by atoms with E-state index in [2.05, 4.69) is 0 Å². The Morgan fingerprint density at radius 2 is 1.72 bits per heavy atom. The molecule has 2 unspecified atom stereocenters. The van der Waals surface area contributed by atoms with Crippen molar-refractivity contribution in [3.05, 3.63) is 48.0 Å².